The number of aryl methyl sites for hydroxylation is 1. The largest absolute Gasteiger partial charge is 0.507 e. The summed E-state index contributed by atoms with van der Waals surface area (Å²) < 4.78 is 5.61. The molecule has 1 fully saturated rings. The van der Waals surface area contributed by atoms with Crippen LogP contribution >= 0.6 is 0 Å². The maximum absolute atomic E-state index is 13.2. The fourth-order valence-electron chi connectivity index (χ4n) is 4.00. The van der Waals surface area contributed by atoms with E-state index < -0.39 is 17.7 Å². The summed E-state index contributed by atoms with van der Waals surface area (Å²) >= 11 is 0. The van der Waals surface area contributed by atoms with Gasteiger partial charge in [-0.3, -0.25) is 14.6 Å². The zero-order valence-corrected chi connectivity index (χ0v) is 18.7. The van der Waals surface area contributed by atoms with Gasteiger partial charge in [0.15, 0.2) is 0 Å². The molecular weight excluding hydrogens is 416 g/mol. The minimum Gasteiger partial charge on any atom is -0.507 e. The fourth-order valence-corrected chi connectivity index (χ4v) is 4.00. The van der Waals surface area contributed by atoms with Crippen molar-refractivity contribution >= 4 is 17.4 Å². The van der Waals surface area contributed by atoms with Crippen LogP contribution in [0.5, 0.6) is 5.75 Å². The quantitative estimate of drug-likeness (QED) is 0.323. The minimum atomic E-state index is -0.700. The maximum Gasteiger partial charge on any atom is 0.295 e. The third-order valence-electron chi connectivity index (χ3n) is 5.60. The lowest BCUT2D eigenvalue weighted by atomic mass is 9.94. The van der Waals surface area contributed by atoms with Gasteiger partial charge in [0, 0.05) is 24.5 Å². The molecule has 0 bridgehead atoms. The zero-order chi connectivity index (χ0) is 23.4. The lowest BCUT2D eigenvalue weighted by Gasteiger charge is -2.25. The molecule has 2 heterocycles. The van der Waals surface area contributed by atoms with Gasteiger partial charge in [-0.2, -0.15) is 0 Å². The van der Waals surface area contributed by atoms with Crippen molar-refractivity contribution in [2.45, 2.75) is 32.9 Å². The molecule has 168 valence electrons. The second kappa shape index (κ2) is 9.69. The van der Waals surface area contributed by atoms with E-state index in [0.29, 0.717) is 17.9 Å². The lowest BCUT2D eigenvalue weighted by Crippen LogP contribution is -2.29. The van der Waals surface area contributed by atoms with Gasteiger partial charge in [0.05, 0.1) is 18.2 Å². The molecule has 1 aliphatic rings. The number of carbonyl (C=O) groups excluding carboxylic acids is 2. The predicted octanol–water partition coefficient (Wildman–Crippen LogP) is 4.80. The Bertz CT molecular complexity index is 1190. The molecule has 1 saturated heterocycles. The second-order valence-electron chi connectivity index (χ2n) is 8.07. The molecule has 6 heteroatoms. The monoisotopic (exact) mass is 442 g/mol. The van der Waals surface area contributed by atoms with E-state index in [1.807, 2.05) is 50.2 Å². The van der Waals surface area contributed by atoms with E-state index in [-0.39, 0.29) is 17.9 Å². The number of hydrogen-bond acceptors (Lipinski definition) is 5. The van der Waals surface area contributed by atoms with Crippen LogP contribution in [0.1, 0.15) is 41.6 Å². The number of hydrogen-bond donors (Lipinski definition) is 1. The molecule has 2 aromatic carbocycles. The van der Waals surface area contributed by atoms with Crippen LogP contribution in [0.15, 0.2) is 78.6 Å². The van der Waals surface area contributed by atoms with Crippen LogP contribution in [0, 0.1) is 6.92 Å². The van der Waals surface area contributed by atoms with Crippen molar-refractivity contribution in [3.63, 3.8) is 0 Å². The smallest absolute Gasteiger partial charge is 0.295 e. The van der Waals surface area contributed by atoms with Gasteiger partial charge in [-0.05, 0) is 60.9 Å². The first-order chi connectivity index (χ1) is 16.0. The first-order valence-corrected chi connectivity index (χ1v) is 11.0. The fraction of sp³-hybridized carbons (Fsp3) is 0.222. The third kappa shape index (κ3) is 4.65. The van der Waals surface area contributed by atoms with Crippen LogP contribution in [-0.2, 0) is 16.1 Å². The Morgan fingerprint density at radius 2 is 1.79 bits per heavy atom. The average molecular weight is 443 g/mol. The Kier molecular flexibility index (Phi) is 6.54. The van der Waals surface area contributed by atoms with Crippen molar-refractivity contribution in [2.24, 2.45) is 0 Å². The molecule has 0 saturated carbocycles. The number of amides is 1. The van der Waals surface area contributed by atoms with Gasteiger partial charge in [-0.1, -0.05) is 36.8 Å². The molecule has 1 amide bonds. The number of ketones is 1. The third-order valence-corrected chi connectivity index (χ3v) is 5.60. The number of aromatic nitrogens is 1. The number of pyridine rings is 1. The van der Waals surface area contributed by atoms with Gasteiger partial charge in [-0.15, -0.1) is 0 Å². The Balaban J connectivity index is 1.79. The Labute approximate surface area is 193 Å². The average Bonchev–Trinajstić information content (AvgIpc) is 3.08. The molecule has 4 rings (SSSR count). The predicted molar refractivity (Wildman–Crippen MR) is 125 cm³/mol. The summed E-state index contributed by atoms with van der Waals surface area (Å²) in [6, 6.07) is 17.5. The molecule has 1 aliphatic heterocycles. The normalized spacial score (nSPS) is 17.4. The standard InChI is InChI=1S/C27H26N2O4/c1-3-15-33-22-9-7-20(8-10-22)25(30)23-24(21-6-4-5-18(2)16-21)29(27(32)26(23)31)17-19-11-13-28-14-12-19/h4-14,16,24,30H,3,15,17H2,1-2H3/b25-23-. The number of carbonyl (C=O) groups is 2. The SMILES string of the molecule is CCCOc1ccc(/C(O)=C2/C(=O)C(=O)N(Cc3ccncc3)C2c2cccc(C)c2)cc1. The Morgan fingerprint density at radius 1 is 1.06 bits per heavy atom. The first-order valence-electron chi connectivity index (χ1n) is 11.0. The molecule has 33 heavy (non-hydrogen) atoms. The second-order valence-corrected chi connectivity index (χ2v) is 8.07. The highest BCUT2D eigenvalue weighted by Crippen LogP contribution is 2.40. The minimum absolute atomic E-state index is 0.0851. The lowest BCUT2D eigenvalue weighted by molar-refractivity contribution is -0.140. The van der Waals surface area contributed by atoms with Gasteiger partial charge in [0.2, 0.25) is 0 Å². The topological polar surface area (TPSA) is 79.7 Å². The number of ether oxygens (including phenoxy) is 1. The van der Waals surface area contributed by atoms with E-state index in [4.69, 9.17) is 4.74 Å². The van der Waals surface area contributed by atoms with E-state index in [1.54, 1.807) is 36.7 Å². The molecule has 0 radical (unpaired) electrons. The molecule has 0 aliphatic carbocycles. The molecule has 6 nitrogen and oxygen atoms in total. The Hall–Kier alpha value is -3.93. The number of Topliss-reactive ketones (excluding diaryl/α,β-unsaturated/α-hetero) is 1. The summed E-state index contributed by atoms with van der Waals surface area (Å²) in [5, 5.41) is 11.2. The van der Waals surface area contributed by atoms with Gasteiger partial charge in [-0.25, -0.2) is 0 Å². The van der Waals surface area contributed by atoms with Gasteiger partial charge in [0.25, 0.3) is 11.7 Å². The van der Waals surface area contributed by atoms with Crippen LogP contribution < -0.4 is 4.74 Å². The van der Waals surface area contributed by atoms with Crippen LogP contribution in [0.3, 0.4) is 0 Å². The highest BCUT2D eigenvalue weighted by molar-refractivity contribution is 6.46. The van der Waals surface area contributed by atoms with Crippen LogP contribution in [0.4, 0.5) is 0 Å². The van der Waals surface area contributed by atoms with Crippen LogP contribution in [0.25, 0.3) is 5.76 Å². The summed E-state index contributed by atoms with van der Waals surface area (Å²) in [5.74, 6) is -0.844. The highest BCUT2D eigenvalue weighted by atomic mass is 16.5. The molecule has 1 N–H and O–H groups in total. The number of nitrogens with zero attached hydrogens (tertiary/aromatic N) is 2. The number of benzene rings is 2. The summed E-state index contributed by atoms with van der Waals surface area (Å²) in [4.78, 5) is 31.8. The van der Waals surface area contributed by atoms with E-state index >= 15 is 0 Å². The number of aliphatic hydroxyl groups is 1. The maximum atomic E-state index is 13.2. The van der Waals surface area contributed by atoms with Gasteiger partial charge < -0.3 is 14.7 Å². The van der Waals surface area contributed by atoms with Crippen molar-refractivity contribution < 1.29 is 19.4 Å². The van der Waals surface area contributed by atoms with Crippen molar-refractivity contribution in [3.8, 4) is 5.75 Å². The van der Waals surface area contributed by atoms with E-state index in [9.17, 15) is 14.7 Å². The summed E-state index contributed by atoms with van der Waals surface area (Å²) in [7, 11) is 0. The molecule has 3 aromatic rings. The van der Waals surface area contributed by atoms with Crippen LogP contribution in [-0.4, -0.2) is 33.3 Å². The van der Waals surface area contributed by atoms with Gasteiger partial charge >= 0.3 is 0 Å². The van der Waals surface area contributed by atoms with Crippen LogP contribution in [0.2, 0.25) is 0 Å². The van der Waals surface area contributed by atoms with E-state index in [2.05, 4.69) is 4.98 Å². The highest BCUT2D eigenvalue weighted by Gasteiger charge is 2.46. The molecule has 1 aromatic heterocycles. The molecular formula is C27H26N2O4. The molecule has 1 atom stereocenters. The number of aliphatic hydroxyl groups excluding tert-OH is 1. The summed E-state index contributed by atoms with van der Waals surface area (Å²) in [6.45, 7) is 4.80. The Morgan fingerprint density at radius 3 is 2.45 bits per heavy atom. The van der Waals surface area contributed by atoms with E-state index in [0.717, 1.165) is 23.1 Å². The first kappa shape index (κ1) is 22.3. The van der Waals surface area contributed by atoms with E-state index in [1.165, 1.54) is 4.90 Å². The number of likely N-dealkylation sites (tertiary alicyclic amines) is 1. The summed E-state index contributed by atoms with van der Waals surface area (Å²) in [6.07, 6.45) is 4.19. The molecule has 1 unspecified atom stereocenters. The molecule has 0 spiro atoms. The summed E-state index contributed by atoms with van der Waals surface area (Å²) in [5.41, 5.74) is 3.16. The van der Waals surface area contributed by atoms with Crippen molar-refractivity contribution in [1.29, 1.82) is 0 Å². The van der Waals surface area contributed by atoms with Crippen molar-refractivity contribution in [3.05, 3.63) is 101 Å². The number of rotatable bonds is 7. The van der Waals surface area contributed by atoms with Crippen molar-refractivity contribution in [2.75, 3.05) is 6.61 Å². The zero-order valence-electron chi connectivity index (χ0n) is 18.7. The van der Waals surface area contributed by atoms with Crippen molar-refractivity contribution in [1.82, 2.24) is 9.88 Å². The van der Waals surface area contributed by atoms with Gasteiger partial charge in [0.1, 0.15) is 11.5 Å².